The Morgan fingerprint density at radius 3 is 2.29 bits per heavy atom. The van der Waals surface area contributed by atoms with Crippen molar-refractivity contribution in [2.75, 3.05) is 6.61 Å². The average molecular weight is 208 g/mol. The summed E-state index contributed by atoms with van der Waals surface area (Å²) in [6, 6.07) is 0. The van der Waals surface area contributed by atoms with Gasteiger partial charge >= 0.3 is 5.97 Å². The first kappa shape index (κ1) is 11.3. The molecule has 1 unspecified atom stereocenters. The molecule has 0 spiro atoms. The second-order valence-corrected chi connectivity index (χ2v) is 3.08. The van der Waals surface area contributed by atoms with Crippen LogP contribution >= 0.6 is 0 Å². The van der Waals surface area contributed by atoms with Crippen molar-refractivity contribution in [1.29, 1.82) is 0 Å². The van der Waals surface area contributed by atoms with Crippen LogP contribution in [0.25, 0.3) is 0 Å². The van der Waals surface area contributed by atoms with Gasteiger partial charge in [0, 0.05) is 0 Å². The van der Waals surface area contributed by atoms with Gasteiger partial charge in [0.2, 0.25) is 0 Å². The third kappa shape index (κ3) is 1.86. The number of carbonyl (C=O) groups excluding carboxylic acids is 1. The van der Waals surface area contributed by atoms with Gasteiger partial charge in [-0.15, -0.1) is 0 Å². The summed E-state index contributed by atoms with van der Waals surface area (Å²) in [5.74, 6) is -1.06. The Morgan fingerprint density at radius 1 is 1.36 bits per heavy atom. The smallest absolute Gasteiger partial charge is 0.338 e. The van der Waals surface area contributed by atoms with E-state index in [4.69, 9.17) is 15.3 Å². The lowest BCUT2D eigenvalue weighted by Crippen LogP contribution is -2.46. The Hall–Kier alpha value is -0.730. The Bertz CT molecular complexity index is 218. The number of aliphatic hydroxyl groups excluding tert-OH is 5. The molecule has 0 saturated carbocycles. The molecule has 1 aliphatic rings. The highest BCUT2D eigenvalue weighted by Crippen LogP contribution is 2.20. The minimum Gasteiger partial charge on any atom is -0.455 e. The largest absolute Gasteiger partial charge is 0.455 e. The highest BCUT2D eigenvalue weighted by molar-refractivity contribution is 5.77. The van der Waals surface area contributed by atoms with E-state index >= 15 is 0 Å². The predicted octanol–water partition coefficient (Wildman–Crippen LogP) is -3.65. The van der Waals surface area contributed by atoms with Crippen LogP contribution in [0, 0.1) is 0 Å². The molecule has 1 fully saturated rings. The average Bonchev–Trinajstić information content (AvgIpc) is 2.43. The van der Waals surface area contributed by atoms with Gasteiger partial charge in [0.05, 0.1) is 6.61 Å². The van der Waals surface area contributed by atoms with Crippen LogP contribution in [-0.4, -0.2) is 68.6 Å². The van der Waals surface area contributed by atoms with E-state index in [9.17, 15) is 15.0 Å². The van der Waals surface area contributed by atoms with E-state index in [-0.39, 0.29) is 0 Å². The van der Waals surface area contributed by atoms with Crippen molar-refractivity contribution >= 4 is 5.97 Å². The van der Waals surface area contributed by atoms with Crippen LogP contribution in [0.1, 0.15) is 0 Å². The summed E-state index contributed by atoms with van der Waals surface area (Å²) in [7, 11) is 0. The van der Waals surface area contributed by atoms with Gasteiger partial charge in [-0.1, -0.05) is 0 Å². The predicted molar refractivity (Wildman–Crippen MR) is 41.0 cm³/mol. The Balaban J connectivity index is 2.66. The summed E-state index contributed by atoms with van der Waals surface area (Å²) in [5, 5.41) is 44.9. The number of ether oxygens (including phenoxy) is 1. The van der Waals surface area contributed by atoms with Crippen LogP contribution < -0.4 is 0 Å². The molecule has 0 aliphatic carbocycles. The Morgan fingerprint density at radius 2 is 1.93 bits per heavy atom. The van der Waals surface area contributed by atoms with Crippen LogP contribution in [0.15, 0.2) is 0 Å². The van der Waals surface area contributed by atoms with Crippen LogP contribution in [0.2, 0.25) is 0 Å². The van der Waals surface area contributed by atoms with Crippen molar-refractivity contribution < 1.29 is 35.1 Å². The molecule has 5 atom stereocenters. The molecule has 1 rings (SSSR count). The van der Waals surface area contributed by atoms with Gasteiger partial charge in [-0.25, -0.2) is 4.79 Å². The quantitative estimate of drug-likeness (QED) is 0.302. The molecule has 1 aliphatic heterocycles. The third-order valence-corrected chi connectivity index (χ3v) is 2.07. The highest BCUT2D eigenvalue weighted by Gasteiger charge is 2.47. The number of carbonyl (C=O) groups is 1. The molecule has 14 heavy (non-hydrogen) atoms. The van der Waals surface area contributed by atoms with Gasteiger partial charge in [-0.2, -0.15) is 0 Å². The van der Waals surface area contributed by atoms with E-state index in [2.05, 4.69) is 4.74 Å². The first-order valence-electron chi connectivity index (χ1n) is 4.02. The summed E-state index contributed by atoms with van der Waals surface area (Å²) in [5.41, 5.74) is 0. The lowest BCUT2D eigenvalue weighted by molar-refractivity contribution is -0.155. The van der Waals surface area contributed by atoms with Crippen LogP contribution in [-0.2, 0) is 9.53 Å². The van der Waals surface area contributed by atoms with Crippen molar-refractivity contribution in [3.05, 3.63) is 0 Å². The fraction of sp³-hybridized carbons (Fsp3) is 0.857. The summed E-state index contributed by atoms with van der Waals surface area (Å²) in [4.78, 5) is 10.7. The van der Waals surface area contributed by atoms with Crippen molar-refractivity contribution in [1.82, 2.24) is 0 Å². The monoisotopic (exact) mass is 208 g/mol. The minimum absolute atomic E-state index is 0.738. The van der Waals surface area contributed by atoms with Crippen LogP contribution in [0.4, 0.5) is 0 Å². The standard InChI is InChI=1S/C7H12O7/c8-1-2(9)3(10)6-4(11)5(12)7(13)14-6/h2-6,8-12H,1H2/t2-,3-,4+,5?,6+/m1/s1. The number of rotatable bonds is 3. The molecule has 0 aromatic rings. The van der Waals surface area contributed by atoms with Crippen molar-refractivity contribution in [2.45, 2.75) is 30.5 Å². The molecular formula is C7H12O7. The maximum Gasteiger partial charge on any atom is 0.338 e. The molecule has 0 bridgehead atoms. The molecule has 7 heteroatoms. The summed E-state index contributed by atoms with van der Waals surface area (Å²) >= 11 is 0. The SMILES string of the molecule is O=C1O[C@@H]([C@H](O)[C@H](O)CO)[C@@H](O)C1O. The van der Waals surface area contributed by atoms with E-state index in [1.165, 1.54) is 0 Å². The highest BCUT2D eigenvalue weighted by atomic mass is 16.6. The van der Waals surface area contributed by atoms with E-state index in [0.29, 0.717) is 0 Å². The zero-order chi connectivity index (χ0) is 10.9. The molecule has 7 nitrogen and oxygen atoms in total. The van der Waals surface area contributed by atoms with Gasteiger partial charge in [0.15, 0.2) is 12.2 Å². The van der Waals surface area contributed by atoms with Gasteiger partial charge in [-0.05, 0) is 0 Å². The molecule has 1 heterocycles. The molecule has 0 aromatic heterocycles. The number of esters is 1. The molecular weight excluding hydrogens is 196 g/mol. The molecule has 0 radical (unpaired) electrons. The first-order valence-corrected chi connectivity index (χ1v) is 4.02. The topological polar surface area (TPSA) is 127 Å². The van der Waals surface area contributed by atoms with E-state index < -0.39 is 43.1 Å². The number of hydrogen-bond donors (Lipinski definition) is 5. The molecule has 82 valence electrons. The zero-order valence-electron chi connectivity index (χ0n) is 7.15. The lowest BCUT2D eigenvalue weighted by atomic mass is 10.0. The molecule has 1 saturated heterocycles. The van der Waals surface area contributed by atoms with Crippen molar-refractivity contribution in [3.8, 4) is 0 Å². The maximum absolute atomic E-state index is 10.7. The molecule has 0 aromatic carbocycles. The summed E-state index contributed by atoms with van der Waals surface area (Å²) in [6.07, 6.45) is -7.90. The number of cyclic esters (lactones) is 1. The van der Waals surface area contributed by atoms with Gasteiger partial charge < -0.3 is 30.3 Å². The van der Waals surface area contributed by atoms with Gasteiger partial charge in [0.1, 0.15) is 18.3 Å². The van der Waals surface area contributed by atoms with E-state index in [0.717, 1.165) is 0 Å². The zero-order valence-corrected chi connectivity index (χ0v) is 7.15. The minimum atomic E-state index is -1.72. The third-order valence-electron chi connectivity index (χ3n) is 2.07. The second-order valence-electron chi connectivity index (χ2n) is 3.08. The fourth-order valence-corrected chi connectivity index (χ4v) is 1.19. The van der Waals surface area contributed by atoms with E-state index in [1.54, 1.807) is 0 Å². The number of aliphatic hydroxyl groups is 5. The maximum atomic E-state index is 10.7. The fourth-order valence-electron chi connectivity index (χ4n) is 1.19. The second kappa shape index (κ2) is 4.20. The van der Waals surface area contributed by atoms with Gasteiger partial charge in [-0.3, -0.25) is 0 Å². The normalized spacial score (nSPS) is 36.6. The molecule has 5 N–H and O–H groups in total. The summed E-state index contributed by atoms with van der Waals surface area (Å²) < 4.78 is 4.41. The number of hydrogen-bond acceptors (Lipinski definition) is 7. The first-order chi connectivity index (χ1) is 6.49. The Kier molecular flexibility index (Phi) is 3.40. The van der Waals surface area contributed by atoms with Crippen molar-refractivity contribution in [3.63, 3.8) is 0 Å². The van der Waals surface area contributed by atoms with Crippen molar-refractivity contribution in [2.24, 2.45) is 0 Å². The summed E-state index contributed by atoms with van der Waals surface area (Å²) in [6.45, 7) is -0.738. The van der Waals surface area contributed by atoms with Crippen LogP contribution in [0.3, 0.4) is 0 Å². The lowest BCUT2D eigenvalue weighted by Gasteiger charge is -2.23. The molecule has 0 amide bonds. The Labute approximate surface area is 79.2 Å². The van der Waals surface area contributed by atoms with Crippen LogP contribution in [0.5, 0.6) is 0 Å². The van der Waals surface area contributed by atoms with E-state index in [1.807, 2.05) is 0 Å². The van der Waals surface area contributed by atoms with Gasteiger partial charge in [0.25, 0.3) is 0 Å².